The number of nitrogens with zero attached hydrogens (tertiary/aromatic N) is 2. The van der Waals surface area contributed by atoms with Crippen LogP contribution in [0.15, 0.2) is 48.0 Å². The molecule has 1 fully saturated rings. The second kappa shape index (κ2) is 9.97. The Bertz CT molecular complexity index is 1100. The molecule has 0 saturated carbocycles. The maximum Gasteiger partial charge on any atom is 0.295 e. The Kier molecular flexibility index (Phi) is 7.46. The molecule has 0 bridgehead atoms. The third-order valence-corrected chi connectivity index (χ3v) is 5.87. The lowest BCUT2D eigenvalue weighted by atomic mass is 9.84. The van der Waals surface area contributed by atoms with Gasteiger partial charge in [0.05, 0.1) is 18.2 Å². The van der Waals surface area contributed by atoms with E-state index < -0.39 is 23.5 Å². The molecular formula is C27H33FN2O4. The van der Waals surface area contributed by atoms with Gasteiger partial charge in [0.25, 0.3) is 11.7 Å². The maximum absolute atomic E-state index is 13.6. The van der Waals surface area contributed by atoms with Crippen LogP contribution in [-0.2, 0) is 15.0 Å². The molecule has 7 heteroatoms. The number of aliphatic hydroxyl groups excluding tert-OH is 1. The maximum atomic E-state index is 13.6. The number of hydrogen-bond acceptors (Lipinski definition) is 5. The van der Waals surface area contributed by atoms with Gasteiger partial charge in [-0.1, -0.05) is 32.9 Å². The van der Waals surface area contributed by atoms with Gasteiger partial charge in [-0.05, 0) is 62.3 Å². The molecule has 0 aromatic heterocycles. The van der Waals surface area contributed by atoms with Crippen LogP contribution in [0.4, 0.5) is 4.39 Å². The summed E-state index contributed by atoms with van der Waals surface area (Å²) in [4.78, 5) is 29.5. The third kappa shape index (κ3) is 5.14. The number of rotatable bonds is 7. The molecule has 6 nitrogen and oxygen atoms in total. The van der Waals surface area contributed by atoms with Crippen molar-refractivity contribution in [3.63, 3.8) is 0 Å². The standard InChI is InChI=1S/C27H33FN2O4/c1-7-34-21-13-10-18(16-20(21)27(2,3)4)24(31)22-23(17-8-11-19(28)12-9-17)30(15-14-29(5)6)26(33)25(22)32/h8-13,16,23,31H,7,14-15H2,1-6H3/b24-22-. The highest BCUT2D eigenvalue weighted by molar-refractivity contribution is 6.46. The van der Waals surface area contributed by atoms with Gasteiger partial charge in [0, 0.05) is 24.2 Å². The van der Waals surface area contributed by atoms with Gasteiger partial charge in [0.2, 0.25) is 0 Å². The van der Waals surface area contributed by atoms with Crippen molar-refractivity contribution in [1.29, 1.82) is 0 Å². The van der Waals surface area contributed by atoms with Crippen LogP contribution >= 0.6 is 0 Å². The second-order valence-electron chi connectivity index (χ2n) is 9.74. The van der Waals surface area contributed by atoms with E-state index in [4.69, 9.17) is 4.74 Å². The van der Waals surface area contributed by atoms with E-state index in [2.05, 4.69) is 0 Å². The SMILES string of the molecule is CCOc1ccc(/C(O)=C2/C(=O)C(=O)N(CCN(C)C)C2c2ccc(F)cc2)cc1C(C)(C)C. The number of carbonyl (C=O) groups excluding carboxylic acids is 2. The molecule has 2 aromatic carbocycles. The quantitative estimate of drug-likeness (QED) is 0.368. The van der Waals surface area contributed by atoms with Gasteiger partial charge < -0.3 is 19.6 Å². The first kappa shape index (κ1) is 25.4. The summed E-state index contributed by atoms with van der Waals surface area (Å²) in [5, 5.41) is 11.4. The Hall–Kier alpha value is -3.19. The fourth-order valence-corrected chi connectivity index (χ4v) is 4.11. The van der Waals surface area contributed by atoms with Crippen molar-refractivity contribution in [2.75, 3.05) is 33.8 Å². The molecule has 182 valence electrons. The molecule has 1 heterocycles. The van der Waals surface area contributed by atoms with Crippen LogP contribution in [0.5, 0.6) is 5.75 Å². The summed E-state index contributed by atoms with van der Waals surface area (Å²) in [6.45, 7) is 9.32. The lowest BCUT2D eigenvalue weighted by Gasteiger charge is -2.27. The zero-order chi connectivity index (χ0) is 25.2. The molecule has 1 N–H and O–H groups in total. The minimum absolute atomic E-state index is 0.000571. The van der Waals surface area contributed by atoms with Crippen LogP contribution in [-0.4, -0.2) is 60.4 Å². The van der Waals surface area contributed by atoms with Crippen molar-refractivity contribution in [3.05, 3.63) is 70.5 Å². The fraction of sp³-hybridized carbons (Fsp3) is 0.407. The van der Waals surface area contributed by atoms with Gasteiger partial charge >= 0.3 is 0 Å². The topological polar surface area (TPSA) is 70.1 Å². The van der Waals surface area contributed by atoms with Crippen molar-refractivity contribution in [1.82, 2.24) is 9.80 Å². The van der Waals surface area contributed by atoms with Crippen molar-refractivity contribution >= 4 is 17.4 Å². The number of aliphatic hydroxyl groups is 1. The van der Waals surface area contributed by atoms with Crippen LogP contribution in [0.3, 0.4) is 0 Å². The summed E-state index contributed by atoms with van der Waals surface area (Å²) in [7, 11) is 3.74. The predicted molar refractivity (Wildman–Crippen MR) is 130 cm³/mol. The van der Waals surface area contributed by atoms with E-state index in [0.29, 0.717) is 30.0 Å². The highest BCUT2D eigenvalue weighted by Gasteiger charge is 2.46. The first-order valence-corrected chi connectivity index (χ1v) is 11.4. The molecule has 0 spiro atoms. The molecule has 34 heavy (non-hydrogen) atoms. The smallest absolute Gasteiger partial charge is 0.295 e. The number of Topliss-reactive ketones (excluding diaryl/α,β-unsaturated/α-hetero) is 1. The van der Waals surface area contributed by atoms with Crippen molar-refractivity contribution in [2.24, 2.45) is 0 Å². The Labute approximate surface area is 200 Å². The lowest BCUT2D eigenvalue weighted by Crippen LogP contribution is -2.35. The molecule has 1 aliphatic heterocycles. The van der Waals surface area contributed by atoms with Crippen LogP contribution in [0.25, 0.3) is 5.76 Å². The average Bonchev–Trinajstić information content (AvgIpc) is 3.02. The molecule has 0 radical (unpaired) electrons. The average molecular weight is 469 g/mol. The Morgan fingerprint density at radius 3 is 2.32 bits per heavy atom. The monoisotopic (exact) mass is 468 g/mol. The summed E-state index contributed by atoms with van der Waals surface area (Å²) >= 11 is 0. The largest absolute Gasteiger partial charge is 0.507 e. The highest BCUT2D eigenvalue weighted by atomic mass is 19.1. The van der Waals surface area contributed by atoms with E-state index in [0.717, 1.165) is 5.56 Å². The summed E-state index contributed by atoms with van der Waals surface area (Å²) in [6, 6.07) is 10.1. The minimum atomic E-state index is -0.815. The first-order valence-electron chi connectivity index (χ1n) is 11.4. The molecule has 1 aliphatic rings. The number of hydrogen-bond donors (Lipinski definition) is 1. The van der Waals surface area contributed by atoms with Crippen molar-refractivity contribution < 1.29 is 23.8 Å². The summed E-state index contributed by atoms with van der Waals surface area (Å²) in [6.07, 6.45) is 0. The second-order valence-corrected chi connectivity index (χ2v) is 9.74. The molecule has 1 saturated heterocycles. The zero-order valence-corrected chi connectivity index (χ0v) is 20.7. The number of carbonyl (C=O) groups is 2. The number of likely N-dealkylation sites (N-methyl/N-ethyl adjacent to an activating group) is 1. The van der Waals surface area contributed by atoms with Gasteiger partial charge in [0.1, 0.15) is 17.3 Å². The van der Waals surface area contributed by atoms with E-state index in [1.54, 1.807) is 30.3 Å². The van der Waals surface area contributed by atoms with E-state index in [1.807, 2.05) is 46.7 Å². The number of amides is 1. The normalized spacial score (nSPS) is 18.1. The number of halogens is 1. The number of ketones is 1. The lowest BCUT2D eigenvalue weighted by molar-refractivity contribution is -0.140. The van der Waals surface area contributed by atoms with Crippen molar-refractivity contribution in [3.8, 4) is 5.75 Å². The number of likely N-dealkylation sites (tertiary alicyclic amines) is 1. The molecule has 2 aromatic rings. The Morgan fingerprint density at radius 1 is 1.12 bits per heavy atom. The van der Waals surface area contributed by atoms with E-state index in [-0.39, 0.29) is 23.3 Å². The van der Waals surface area contributed by atoms with Crippen LogP contribution in [0, 0.1) is 5.82 Å². The van der Waals surface area contributed by atoms with Gasteiger partial charge in [0.15, 0.2) is 0 Å². The summed E-state index contributed by atoms with van der Waals surface area (Å²) in [5.41, 5.74) is 1.57. The highest BCUT2D eigenvalue weighted by Crippen LogP contribution is 2.41. The van der Waals surface area contributed by atoms with Gasteiger partial charge in [-0.25, -0.2) is 4.39 Å². The molecule has 0 aliphatic carbocycles. The summed E-state index contributed by atoms with van der Waals surface area (Å²) < 4.78 is 19.4. The van der Waals surface area contributed by atoms with Gasteiger partial charge in [-0.2, -0.15) is 0 Å². The Balaban J connectivity index is 2.19. The Morgan fingerprint density at radius 2 is 1.76 bits per heavy atom. The van der Waals surface area contributed by atoms with Gasteiger partial charge in [-0.3, -0.25) is 9.59 Å². The zero-order valence-electron chi connectivity index (χ0n) is 20.7. The number of ether oxygens (including phenoxy) is 1. The third-order valence-electron chi connectivity index (χ3n) is 5.87. The molecule has 1 unspecified atom stereocenters. The van der Waals surface area contributed by atoms with Gasteiger partial charge in [-0.15, -0.1) is 0 Å². The fourth-order valence-electron chi connectivity index (χ4n) is 4.11. The molecule has 3 rings (SSSR count). The molecule has 1 amide bonds. The van der Waals surface area contributed by atoms with E-state index in [1.165, 1.54) is 17.0 Å². The predicted octanol–water partition coefficient (Wildman–Crippen LogP) is 4.51. The number of benzene rings is 2. The van der Waals surface area contributed by atoms with Crippen LogP contribution in [0.2, 0.25) is 0 Å². The summed E-state index contributed by atoms with van der Waals surface area (Å²) in [5.74, 6) is -1.41. The molecule has 1 atom stereocenters. The van der Waals surface area contributed by atoms with E-state index in [9.17, 15) is 19.1 Å². The van der Waals surface area contributed by atoms with Crippen molar-refractivity contribution in [2.45, 2.75) is 39.2 Å². The first-order chi connectivity index (χ1) is 16.0. The van der Waals surface area contributed by atoms with Crippen LogP contribution in [0.1, 0.15) is 50.4 Å². The van der Waals surface area contributed by atoms with Crippen LogP contribution < -0.4 is 4.74 Å². The van der Waals surface area contributed by atoms with E-state index >= 15 is 0 Å². The molecular weight excluding hydrogens is 435 g/mol. The minimum Gasteiger partial charge on any atom is -0.507 e.